The normalized spacial score (nSPS) is 14.5. The zero-order chi connectivity index (χ0) is 21.0. The van der Waals surface area contributed by atoms with E-state index >= 15 is 0 Å². The van der Waals surface area contributed by atoms with Gasteiger partial charge in [0.2, 0.25) is 0 Å². The molecule has 0 unspecified atom stereocenters. The number of oxime groups is 1. The number of aromatic nitrogens is 1. The van der Waals surface area contributed by atoms with Crippen LogP contribution in [0.25, 0.3) is 0 Å². The molecule has 1 aromatic carbocycles. The molecule has 0 N–H and O–H groups in total. The second kappa shape index (κ2) is 12.7. The Kier molecular flexibility index (Phi) is 9.60. The van der Waals surface area contributed by atoms with Gasteiger partial charge < -0.3 is 13.9 Å². The van der Waals surface area contributed by atoms with E-state index in [9.17, 15) is 0 Å². The molecule has 8 heteroatoms. The summed E-state index contributed by atoms with van der Waals surface area (Å²) in [6.07, 6.45) is 8.13. The number of anilines is 1. The van der Waals surface area contributed by atoms with Crippen LogP contribution in [0.2, 0.25) is 5.15 Å². The molecule has 0 amide bonds. The number of hydrogen-bond donors (Lipinski definition) is 0. The molecule has 1 fully saturated rings. The Morgan fingerprint density at radius 1 is 1.13 bits per heavy atom. The fourth-order valence-corrected chi connectivity index (χ4v) is 4.25. The molecular weight excluding hydrogens is 420 g/mol. The first-order valence-corrected chi connectivity index (χ1v) is 11.6. The largest absolute Gasteiger partial charge is 0.494 e. The van der Waals surface area contributed by atoms with Gasteiger partial charge in [0.25, 0.3) is 0 Å². The maximum atomic E-state index is 5.99. The van der Waals surface area contributed by atoms with Crippen LogP contribution in [0, 0.1) is 0 Å². The Balaban J connectivity index is 1.23. The summed E-state index contributed by atoms with van der Waals surface area (Å²) in [5.74, 6) is 0.897. The van der Waals surface area contributed by atoms with Gasteiger partial charge in [0, 0.05) is 38.0 Å². The van der Waals surface area contributed by atoms with Gasteiger partial charge in [-0.15, -0.1) is 0 Å². The smallest absolute Gasteiger partial charge is 0.131 e. The average Bonchev–Trinajstić information content (AvgIpc) is 3.23. The van der Waals surface area contributed by atoms with Crippen LogP contribution in [-0.4, -0.2) is 48.4 Å². The van der Waals surface area contributed by atoms with Gasteiger partial charge in [-0.05, 0) is 61.7 Å². The van der Waals surface area contributed by atoms with Crippen molar-refractivity contribution in [1.29, 1.82) is 0 Å². The molecule has 0 spiro atoms. The van der Waals surface area contributed by atoms with Crippen molar-refractivity contribution in [3.63, 3.8) is 0 Å². The van der Waals surface area contributed by atoms with Crippen molar-refractivity contribution < 1.29 is 9.57 Å². The highest BCUT2D eigenvalue weighted by Gasteiger charge is 2.21. The van der Waals surface area contributed by atoms with Crippen LogP contribution in [0.5, 0.6) is 5.75 Å². The van der Waals surface area contributed by atoms with Crippen LogP contribution in [0.1, 0.15) is 38.2 Å². The van der Waals surface area contributed by atoms with E-state index in [0.29, 0.717) is 11.8 Å². The van der Waals surface area contributed by atoms with E-state index in [0.717, 1.165) is 49.7 Å². The minimum Gasteiger partial charge on any atom is -0.494 e. The zero-order valence-corrected chi connectivity index (χ0v) is 18.9. The number of ether oxygens (including phenoxy) is 1. The van der Waals surface area contributed by atoms with Crippen LogP contribution >= 0.6 is 23.7 Å². The van der Waals surface area contributed by atoms with Gasteiger partial charge >= 0.3 is 0 Å². The summed E-state index contributed by atoms with van der Waals surface area (Å²) in [4.78, 5) is 9.01. The van der Waals surface area contributed by atoms with Crippen LogP contribution in [0.4, 0.5) is 5.69 Å². The summed E-state index contributed by atoms with van der Waals surface area (Å²) in [6.45, 7) is 6.42. The number of benzene rings is 1. The summed E-state index contributed by atoms with van der Waals surface area (Å²) >= 11 is 7.78. The van der Waals surface area contributed by atoms with E-state index in [2.05, 4.69) is 18.8 Å². The predicted molar refractivity (Wildman–Crippen MR) is 125 cm³/mol. The molecule has 0 saturated carbocycles. The number of pyridine rings is 1. The lowest BCUT2D eigenvalue weighted by Crippen LogP contribution is -2.13. The second-order valence-corrected chi connectivity index (χ2v) is 8.44. The van der Waals surface area contributed by atoms with Crippen LogP contribution in [-0.2, 0) is 4.84 Å². The first-order chi connectivity index (χ1) is 14.7. The first-order valence-electron chi connectivity index (χ1n) is 10.4. The molecule has 2 heterocycles. The van der Waals surface area contributed by atoms with Crippen molar-refractivity contribution >= 4 is 35.6 Å². The molecule has 1 aliphatic heterocycles. The standard InChI is InChI=1S/C22H29ClN4O2S/c1-2-29-25-18-19-7-9-21(10-8-19)28-16-6-4-3-5-13-26-14-15-27(30-26)20-11-12-24-22(23)17-20/h7-12,17-18H,2-6,13-16H2,1H3/b25-18+. The first kappa shape index (κ1) is 22.7. The molecular formula is C22H29ClN4O2S. The minimum atomic E-state index is 0.542. The molecule has 2 aromatic rings. The lowest BCUT2D eigenvalue weighted by molar-refractivity contribution is 0.160. The van der Waals surface area contributed by atoms with Crippen molar-refractivity contribution in [3.05, 3.63) is 53.3 Å². The number of unbranched alkanes of at least 4 members (excludes halogenated alkanes) is 3. The maximum Gasteiger partial charge on any atom is 0.131 e. The average molecular weight is 449 g/mol. The van der Waals surface area contributed by atoms with Crippen LogP contribution in [0.15, 0.2) is 47.8 Å². The van der Waals surface area contributed by atoms with Gasteiger partial charge in [-0.1, -0.05) is 29.6 Å². The molecule has 6 nitrogen and oxygen atoms in total. The van der Waals surface area contributed by atoms with Gasteiger partial charge in [-0.25, -0.2) is 9.29 Å². The summed E-state index contributed by atoms with van der Waals surface area (Å²) in [7, 11) is 0. The quantitative estimate of drug-likeness (QED) is 0.142. The lowest BCUT2D eigenvalue weighted by Gasteiger charge is -2.17. The SMILES string of the molecule is CCO/N=C/c1ccc(OCCCCCCN2CCN(c3ccnc(Cl)c3)S2)cc1. The highest BCUT2D eigenvalue weighted by Crippen LogP contribution is 2.31. The van der Waals surface area contributed by atoms with Gasteiger partial charge in [-0.3, -0.25) is 0 Å². The Bertz CT molecular complexity index is 791. The predicted octanol–water partition coefficient (Wildman–Crippen LogP) is 5.43. The van der Waals surface area contributed by atoms with Crippen molar-refractivity contribution in [2.45, 2.75) is 32.6 Å². The van der Waals surface area contributed by atoms with Crippen molar-refractivity contribution in [2.75, 3.05) is 37.2 Å². The van der Waals surface area contributed by atoms with E-state index < -0.39 is 0 Å². The Hall–Kier alpha value is -1.96. The topological polar surface area (TPSA) is 50.2 Å². The van der Waals surface area contributed by atoms with Gasteiger partial charge in [0.1, 0.15) is 17.5 Å². The number of rotatable bonds is 12. The lowest BCUT2D eigenvalue weighted by atomic mass is 10.2. The molecule has 30 heavy (non-hydrogen) atoms. The molecule has 3 rings (SSSR count). The van der Waals surface area contributed by atoms with E-state index in [4.69, 9.17) is 21.2 Å². The van der Waals surface area contributed by atoms with E-state index in [1.54, 1.807) is 24.5 Å². The third kappa shape index (κ3) is 7.70. The van der Waals surface area contributed by atoms with Crippen molar-refractivity contribution in [1.82, 2.24) is 9.29 Å². The van der Waals surface area contributed by atoms with Gasteiger partial charge in [0.05, 0.1) is 18.5 Å². The summed E-state index contributed by atoms with van der Waals surface area (Å²) in [5.41, 5.74) is 2.12. The fourth-order valence-electron chi connectivity index (χ4n) is 3.06. The molecule has 0 atom stereocenters. The molecule has 0 aliphatic carbocycles. The van der Waals surface area contributed by atoms with Gasteiger partial charge in [-0.2, -0.15) is 0 Å². The van der Waals surface area contributed by atoms with E-state index in [-0.39, 0.29) is 0 Å². The van der Waals surface area contributed by atoms with E-state index in [1.807, 2.05) is 43.3 Å². The van der Waals surface area contributed by atoms with Crippen molar-refractivity contribution in [2.24, 2.45) is 5.16 Å². The maximum absolute atomic E-state index is 5.99. The Morgan fingerprint density at radius 3 is 2.77 bits per heavy atom. The monoisotopic (exact) mass is 448 g/mol. The van der Waals surface area contributed by atoms with Gasteiger partial charge in [0.15, 0.2) is 0 Å². The molecule has 0 bridgehead atoms. The Labute approximate surface area is 188 Å². The number of hydrogen-bond acceptors (Lipinski definition) is 7. The summed E-state index contributed by atoms with van der Waals surface area (Å²) in [6, 6.07) is 11.8. The number of nitrogens with zero attached hydrogens (tertiary/aromatic N) is 4. The van der Waals surface area contributed by atoms with Crippen molar-refractivity contribution in [3.8, 4) is 5.75 Å². The minimum absolute atomic E-state index is 0.542. The molecule has 1 aliphatic rings. The fraction of sp³-hybridized carbons (Fsp3) is 0.455. The number of halogens is 1. The Morgan fingerprint density at radius 2 is 1.97 bits per heavy atom. The highest BCUT2D eigenvalue weighted by atomic mass is 35.5. The van der Waals surface area contributed by atoms with E-state index in [1.165, 1.54) is 19.3 Å². The second-order valence-electron chi connectivity index (χ2n) is 6.93. The van der Waals surface area contributed by atoms with Crippen LogP contribution in [0.3, 0.4) is 0 Å². The third-order valence-corrected chi connectivity index (χ3v) is 6.01. The summed E-state index contributed by atoms with van der Waals surface area (Å²) in [5, 5.41) is 4.41. The summed E-state index contributed by atoms with van der Waals surface area (Å²) < 4.78 is 10.5. The molecule has 1 aromatic heterocycles. The molecule has 162 valence electrons. The van der Waals surface area contributed by atoms with Crippen LogP contribution < -0.4 is 9.04 Å². The third-order valence-electron chi connectivity index (χ3n) is 4.62. The zero-order valence-electron chi connectivity index (χ0n) is 17.4. The highest BCUT2D eigenvalue weighted by molar-refractivity contribution is 7.98. The molecule has 0 radical (unpaired) electrons. The molecule has 1 saturated heterocycles.